The highest BCUT2D eigenvalue weighted by Gasteiger charge is 2.53. The molecule has 4 amide bonds. The zero-order valence-corrected chi connectivity index (χ0v) is 31.3. The molecule has 0 aliphatic carbocycles. The molecule has 2 N–H and O–H groups in total. The highest BCUT2D eigenvalue weighted by atomic mass is 16.5. The quantitative estimate of drug-likeness (QED) is 0.203. The Morgan fingerprint density at radius 2 is 1.32 bits per heavy atom. The fourth-order valence-corrected chi connectivity index (χ4v) is 5.52. The standard InChI is InChI=1S/C36H65N3O5/c1-23(2)25-19-26(40)39(28(25)42)21-31(6,7)33(10,11)29(43)38-35(14,15)34(12,13)32(8,9)22-44-36(16,17)30(4,5)20-24(3)27(41)37-18/h19,23-24H,20-22H2,1-18H3,(H,37,41)(H,38,43). The molecule has 0 fully saturated rings. The molecule has 1 unspecified atom stereocenters. The van der Waals surface area contributed by atoms with Gasteiger partial charge in [-0.25, -0.2) is 0 Å². The van der Waals surface area contributed by atoms with Gasteiger partial charge in [-0.05, 0) is 61.7 Å². The molecule has 44 heavy (non-hydrogen) atoms. The Labute approximate surface area is 268 Å². The predicted molar refractivity (Wildman–Crippen MR) is 179 cm³/mol. The van der Waals surface area contributed by atoms with Crippen LogP contribution >= 0.6 is 0 Å². The number of nitrogens with zero attached hydrogens (tertiary/aromatic N) is 1. The van der Waals surface area contributed by atoms with Gasteiger partial charge >= 0.3 is 0 Å². The van der Waals surface area contributed by atoms with Gasteiger partial charge in [0.25, 0.3) is 11.8 Å². The smallest absolute Gasteiger partial charge is 0.257 e. The van der Waals surface area contributed by atoms with E-state index in [1.165, 1.54) is 11.0 Å². The van der Waals surface area contributed by atoms with Crippen LogP contribution in [0.2, 0.25) is 0 Å². The molecule has 1 heterocycles. The van der Waals surface area contributed by atoms with Gasteiger partial charge in [-0.1, -0.05) is 90.0 Å². The van der Waals surface area contributed by atoms with Crippen molar-refractivity contribution >= 4 is 23.6 Å². The molecular weight excluding hydrogens is 554 g/mol. The molecule has 8 nitrogen and oxygen atoms in total. The van der Waals surface area contributed by atoms with Crippen molar-refractivity contribution in [2.45, 2.75) is 135 Å². The number of nitrogens with one attached hydrogen (secondary N) is 2. The first-order chi connectivity index (χ1) is 19.4. The number of imide groups is 1. The van der Waals surface area contributed by atoms with Gasteiger partial charge in [0.05, 0.1) is 17.6 Å². The van der Waals surface area contributed by atoms with Crippen molar-refractivity contribution in [2.24, 2.45) is 38.9 Å². The van der Waals surface area contributed by atoms with E-state index >= 15 is 0 Å². The van der Waals surface area contributed by atoms with Crippen molar-refractivity contribution in [3.8, 4) is 0 Å². The topological polar surface area (TPSA) is 105 Å². The summed E-state index contributed by atoms with van der Waals surface area (Å²) in [6.07, 6.45) is 2.11. The van der Waals surface area contributed by atoms with Crippen LogP contribution in [0.1, 0.15) is 124 Å². The summed E-state index contributed by atoms with van der Waals surface area (Å²) in [5.41, 5.74) is -3.34. The molecule has 254 valence electrons. The Hall–Kier alpha value is -2.22. The first-order valence-electron chi connectivity index (χ1n) is 16.2. The third-order valence-corrected chi connectivity index (χ3v) is 12.1. The van der Waals surface area contributed by atoms with Crippen LogP contribution in [-0.4, -0.2) is 59.9 Å². The van der Waals surface area contributed by atoms with Gasteiger partial charge in [-0.2, -0.15) is 0 Å². The highest BCUT2D eigenvalue weighted by molar-refractivity contribution is 6.16. The summed E-state index contributed by atoms with van der Waals surface area (Å²) in [5, 5.41) is 6.10. The second kappa shape index (κ2) is 12.9. The minimum Gasteiger partial charge on any atom is -0.374 e. The molecule has 0 aromatic rings. The van der Waals surface area contributed by atoms with Crippen molar-refractivity contribution in [3.05, 3.63) is 11.6 Å². The van der Waals surface area contributed by atoms with Crippen molar-refractivity contribution in [2.75, 3.05) is 20.2 Å². The maximum atomic E-state index is 14.1. The fraction of sp³-hybridized carbons (Fsp3) is 0.833. The summed E-state index contributed by atoms with van der Waals surface area (Å²) in [7, 11) is 1.66. The normalized spacial score (nSPS) is 16.8. The molecule has 0 spiro atoms. The summed E-state index contributed by atoms with van der Waals surface area (Å²) in [6.45, 7) is 35.1. The lowest BCUT2D eigenvalue weighted by molar-refractivity contribution is -0.160. The summed E-state index contributed by atoms with van der Waals surface area (Å²) >= 11 is 0. The van der Waals surface area contributed by atoms with Gasteiger partial charge < -0.3 is 15.4 Å². The maximum absolute atomic E-state index is 14.1. The van der Waals surface area contributed by atoms with E-state index < -0.39 is 27.4 Å². The van der Waals surface area contributed by atoms with E-state index in [2.05, 4.69) is 66.0 Å². The van der Waals surface area contributed by atoms with Crippen LogP contribution in [0.25, 0.3) is 0 Å². The third kappa shape index (κ3) is 7.76. The Bertz CT molecular complexity index is 1140. The van der Waals surface area contributed by atoms with Crippen LogP contribution in [-0.2, 0) is 23.9 Å². The second-order valence-corrected chi connectivity index (χ2v) is 17.5. The van der Waals surface area contributed by atoms with E-state index in [-0.39, 0.29) is 52.8 Å². The number of amides is 4. The zero-order valence-electron chi connectivity index (χ0n) is 31.3. The van der Waals surface area contributed by atoms with Crippen LogP contribution < -0.4 is 10.6 Å². The molecule has 0 bridgehead atoms. The lowest BCUT2D eigenvalue weighted by Gasteiger charge is -2.55. The van der Waals surface area contributed by atoms with E-state index in [9.17, 15) is 19.2 Å². The summed E-state index contributed by atoms with van der Waals surface area (Å²) in [6, 6.07) is 0. The number of ether oxygens (including phenoxy) is 1. The molecule has 1 rings (SSSR count). The minimum atomic E-state index is -0.907. The Kier molecular flexibility index (Phi) is 11.7. The van der Waals surface area contributed by atoms with Crippen LogP contribution in [0.4, 0.5) is 0 Å². The van der Waals surface area contributed by atoms with Crippen molar-refractivity contribution in [1.29, 1.82) is 0 Å². The van der Waals surface area contributed by atoms with Crippen molar-refractivity contribution in [1.82, 2.24) is 15.5 Å². The molecule has 1 aliphatic rings. The minimum absolute atomic E-state index is 0.0227. The molecular formula is C36H65N3O5. The molecule has 0 aromatic heterocycles. The zero-order chi connectivity index (χ0) is 35.1. The monoisotopic (exact) mass is 619 g/mol. The van der Waals surface area contributed by atoms with E-state index in [1.54, 1.807) is 7.05 Å². The van der Waals surface area contributed by atoms with Gasteiger partial charge in [0.1, 0.15) is 0 Å². The molecule has 0 saturated carbocycles. The lowest BCUT2D eigenvalue weighted by atomic mass is 9.58. The molecule has 0 radical (unpaired) electrons. The average Bonchev–Trinajstić information content (AvgIpc) is 3.14. The number of hydrogen-bond donors (Lipinski definition) is 2. The number of rotatable bonds is 15. The Balaban J connectivity index is 3.13. The van der Waals surface area contributed by atoms with E-state index in [0.717, 1.165) is 0 Å². The van der Waals surface area contributed by atoms with Crippen LogP contribution in [0.3, 0.4) is 0 Å². The average molecular weight is 620 g/mol. The number of hydrogen-bond acceptors (Lipinski definition) is 5. The molecule has 1 atom stereocenters. The fourth-order valence-electron chi connectivity index (χ4n) is 5.52. The van der Waals surface area contributed by atoms with Crippen LogP contribution in [0.5, 0.6) is 0 Å². The Morgan fingerprint density at radius 3 is 1.75 bits per heavy atom. The third-order valence-electron chi connectivity index (χ3n) is 12.1. The van der Waals surface area contributed by atoms with Gasteiger partial charge in [0.2, 0.25) is 11.8 Å². The summed E-state index contributed by atoms with van der Waals surface area (Å²) < 4.78 is 6.68. The number of carbonyl (C=O) groups is 4. The first-order valence-corrected chi connectivity index (χ1v) is 16.2. The number of carbonyl (C=O) groups excluding carboxylic acids is 4. The van der Waals surface area contributed by atoms with E-state index in [4.69, 9.17) is 4.74 Å². The van der Waals surface area contributed by atoms with E-state index in [1.807, 2.05) is 62.3 Å². The van der Waals surface area contributed by atoms with Gasteiger partial charge in [0.15, 0.2) is 0 Å². The van der Waals surface area contributed by atoms with Crippen LogP contribution in [0.15, 0.2) is 11.6 Å². The second-order valence-electron chi connectivity index (χ2n) is 17.5. The maximum Gasteiger partial charge on any atom is 0.257 e. The van der Waals surface area contributed by atoms with Crippen molar-refractivity contribution in [3.63, 3.8) is 0 Å². The van der Waals surface area contributed by atoms with Gasteiger partial charge in [-0.15, -0.1) is 0 Å². The molecule has 8 heteroatoms. The van der Waals surface area contributed by atoms with Gasteiger partial charge in [-0.3, -0.25) is 24.1 Å². The van der Waals surface area contributed by atoms with Crippen molar-refractivity contribution < 1.29 is 23.9 Å². The Morgan fingerprint density at radius 1 is 0.818 bits per heavy atom. The predicted octanol–water partition coefficient (Wildman–Crippen LogP) is 6.53. The largest absolute Gasteiger partial charge is 0.374 e. The summed E-state index contributed by atoms with van der Waals surface area (Å²) in [5.74, 6) is -0.895. The van der Waals surface area contributed by atoms with E-state index in [0.29, 0.717) is 18.6 Å². The highest BCUT2D eigenvalue weighted by Crippen LogP contribution is 2.50. The summed E-state index contributed by atoms with van der Waals surface area (Å²) in [4.78, 5) is 53.3. The molecule has 0 saturated heterocycles. The molecule has 0 aromatic carbocycles. The molecule has 1 aliphatic heterocycles. The SMILES string of the molecule is CNC(=O)C(C)CC(C)(C)C(C)(C)OCC(C)(C)C(C)(C)C(C)(C)NC(=O)C(C)(C)C(C)(C)CN1C(=O)C=C(C(C)C)C1=O. The van der Waals surface area contributed by atoms with Crippen LogP contribution in [0, 0.1) is 38.9 Å². The first kappa shape index (κ1) is 39.8. The lowest BCUT2D eigenvalue weighted by Crippen LogP contribution is -2.64. The van der Waals surface area contributed by atoms with Gasteiger partial charge in [0, 0.05) is 36.7 Å².